The Bertz CT molecular complexity index is 325. The van der Waals surface area contributed by atoms with Gasteiger partial charge in [-0.1, -0.05) is 20.3 Å². The maximum absolute atomic E-state index is 13.0. The number of unbranched alkanes of at least 4 members (excludes halogenated alkanes) is 1. The summed E-state index contributed by atoms with van der Waals surface area (Å²) in [6, 6.07) is 0. The fourth-order valence-electron chi connectivity index (χ4n) is 1.26. The third-order valence-electron chi connectivity index (χ3n) is 2.52. The van der Waals surface area contributed by atoms with E-state index in [-0.39, 0.29) is 6.61 Å². The van der Waals surface area contributed by atoms with Crippen molar-refractivity contribution in [1.82, 2.24) is 0 Å². The number of carbonyl (C=O) groups excluding carboxylic acids is 1. The molecule has 0 aromatic rings. The Hall–Kier alpha value is -1.02. The lowest BCUT2D eigenvalue weighted by Crippen LogP contribution is -2.52. The van der Waals surface area contributed by atoms with Crippen LogP contribution in [0.15, 0.2) is 0 Å². The molecule has 1 atom stereocenters. The van der Waals surface area contributed by atoms with Crippen molar-refractivity contribution in [2.75, 3.05) is 6.61 Å². The molecule has 0 aliphatic heterocycles. The molecule has 0 aromatic carbocycles. The van der Waals surface area contributed by atoms with Gasteiger partial charge in [0.2, 0.25) is 0 Å². The summed E-state index contributed by atoms with van der Waals surface area (Å²) in [5, 5.41) is 0. The highest BCUT2D eigenvalue weighted by Crippen LogP contribution is 2.49. The maximum Gasteiger partial charge on any atom is 0.459 e. The van der Waals surface area contributed by atoms with Gasteiger partial charge < -0.3 is 4.74 Å². The van der Waals surface area contributed by atoms with E-state index >= 15 is 0 Å². The van der Waals surface area contributed by atoms with Gasteiger partial charge in [0.15, 0.2) is 0 Å². The summed E-state index contributed by atoms with van der Waals surface area (Å²) in [5.74, 6) is -14.6. The van der Waals surface area contributed by atoms with E-state index in [1.165, 1.54) is 0 Å². The SMILES string of the molecule is CCCCOC(=O)C(C)CC(F)(F)C(F)(F)C(F)(F)F. The molecule has 120 valence electrons. The van der Waals surface area contributed by atoms with E-state index in [1.807, 2.05) is 0 Å². The van der Waals surface area contributed by atoms with Gasteiger partial charge in [0.25, 0.3) is 0 Å². The first kappa shape index (κ1) is 19.0. The molecule has 0 aliphatic carbocycles. The van der Waals surface area contributed by atoms with Crippen LogP contribution >= 0.6 is 0 Å². The van der Waals surface area contributed by atoms with Crippen LogP contribution in [0, 0.1) is 5.92 Å². The van der Waals surface area contributed by atoms with Crippen LogP contribution in [0.5, 0.6) is 0 Å². The number of carbonyl (C=O) groups is 1. The topological polar surface area (TPSA) is 26.3 Å². The summed E-state index contributed by atoms with van der Waals surface area (Å²) in [7, 11) is 0. The van der Waals surface area contributed by atoms with Crippen LogP contribution in [0.4, 0.5) is 30.7 Å². The van der Waals surface area contributed by atoms with Crippen molar-refractivity contribution in [2.24, 2.45) is 5.92 Å². The number of hydrogen-bond donors (Lipinski definition) is 0. The Morgan fingerprint density at radius 3 is 2.00 bits per heavy atom. The normalized spacial score (nSPS) is 15.1. The number of halogens is 7. The Morgan fingerprint density at radius 1 is 1.10 bits per heavy atom. The Balaban J connectivity index is 4.71. The standard InChI is InChI=1S/C11H15F7O2/c1-3-4-5-20-8(19)7(2)6-9(12,13)10(14,15)11(16,17)18/h7H,3-6H2,1-2H3. The third kappa shape index (κ3) is 4.52. The monoisotopic (exact) mass is 312 g/mol. The second kappa shape index (κ2) is 6.62. The van der Waals surface area contributed by atoms with Gasteiger partial charge in [0, 0.05) is 6.42 Å². The minimum absolute atomic E-state index is 0.0963. The summed E-state index contributed by atoms with van der Waals surface area (Å²) in [4.78, 5) is 11.2. The van der Waals surface area contributed by atoms with Crippen LogP contribution < -0.4 is 0 Å². The molecule has 0 saturated carbocycles. The van der Waals surface area contributed by atoms with E-state index in [1.54, 1.807) is 6.92 Å². The van der Waals surface area contributed by atoms with Crippen molar-refractivity contribution in [1.29, 1.82) is 0 Å². The lowest BCUT2D eigenvalue weighted by molar-refractivity contribution is -0.357. The fourth-order valence-corrected chi connectivity index (χ4v) is 1.26. The largest absolute Gasteiger partial charge is 0.465 e. The van der Waals surface area contributed by atoms with Crippen molar-refractivity contribution >= 4 is 5.97 Å². The van der Waals surface area contributed by atoms with Crippen molar-refractivity contribution in [2.45, 2.75) is 51.1 Å². The molecule has 1 unspecified atom stereocenters. The number of rotatable bonds is 7. The molecular formula is C11H15F7O2. The Labute approximate surface area is 111 Å². The Kier molecular flexibility index (Phi) is 6.28. The first-order valence-corrected chi connectivity index (χ1v) is 5.85. The van der Waals surface area contributed by atoms with E-state index in [2.05, 4.69) is 4.74 Å². The minimum Gasteiger partial charge on any atom is -0.465 e. The number of hydrogen-bond acceptors (Lipinski definition) is 2. The lowest BCUT2D eigenvalue weighted by Gasteiger charge is -2.29. The average Bonchev–Trinajstić information content (AvgIpc) is 2.26. The van der Waals surface area contributed by atoms with E-state index in [9.17, 15) is 35.5 Å². The quantitative estimate of drug-likeness (QED) is 0.400. The fraction of sp³-hybridized carbons (Fsp3) is 0.909. The van der Waals surface area contributed by atoms with Crippen LogP contribution in [0.1, 0.15) is 33.1 Å². The van der Waals surface area contributed by atoms with Gasteiger partial charge in [-0.05, 0) is 6.42 Å². The van der Waals surface area contributed by atoms with Crippen molar-refractivity contribution < 1.29 is 40.3 Å². The predicted molar refractivity (Wildman–Crippen MR) is 55.6 cm³/mol. The van der Waals surface area contributed by atoms with Gasteiger partial charge in [-0.2, -0.15) is 30.7 Å². The molecule has 0 N–H and O–H groups in total. The molecule has 20 heavy (non-hydrogen) atoms. The van der Waals surface area contributed by atoms with E-state index in [4.69, 9.17) is 0 Å². The maximum atomic E-state index is 13.0. The zero-order valence-corrected chi connectivity index (χ0v) is 10.9. The minimum atomic E-state index is -6.39. The first-order chi connectivity index (χ1) is 8.87. The third-order valence-corrected chi connectivity index (χ3v) is 2.52. The van der Waals surface area contributed by atoms with Gasteiger partial charge in [0.1, 0.15) is 0 Å². The molecule has 0 radical (unpaired) electrons. The second-order valence-corrected chi connectivity index (χ2v) is 4.40. The molecule has 2 nitrogen and oxygen atoms in total. The van der Waals surface area contributed by atoms with Crippen molar-refractivity contribution in [3.8, 4) is 0 Å². The highest BCUT2D eigenvalue weighted by Gasteiger charge is 2.72. The predicted octanol–water partition coefficient (Wildman–Crippen LogP) is 4.19. The molecule has 0 saturated heterocycles. The molecule has 0 fully saturated rings. The van der Waals surface area contributed by atoms with E-state index in [0.29, 0.717) is 12.8 Å². The van der Waals surface area contributed by atoms with Gasteiger partial charge >= 0.3 is 24.0 Å². The highest BCUT2D eigenvalue weighted by atomic mass is 19.4. The van der Waals surface area contributed by atoms with Crippen LogP contribution in [0.25, 0.3) is 0 Å². The van der Waals surface area contributed by atoms with E-state index < -0.39 is 36.3 Å². The van der Waals surface area contributed by atoms with Gasteiger partial charge in [-0.3, -0.25) is 4.79 Å². The zero-order valence-electron chi connectivity index (χ0n) is 10.9. The smallest absolute Gasteiger partial charge is 0.459 e. The highest BCUT2D eigenvalue weighted by molar-refractivity contribution is 5.72. The summed E-state index contributed by atoms with van der Waals surface area (Å²) < 4.78 is 91.4. The van der Waals surface area contributed by atoms with E-state index in [0.717, 1.165) is 6.92 Å². The molecule has 0 bridgehead atoms. The van der Waals surface area contributed by atoms with Gasteiger partial charge in [0.05, 0.1) is 12.5 Å². The summed E-state index contributed by atoms with van der Waals surface area (Å²) >= 11 is 0. The molecule has 0 spiro atoms. The van der Waals surface area contributed by atoms with Gasteiger partial charge in [-0.15, -0.1) is 0 Å². The molecule has 0 heterocycles. The molecule has 9 heteroatoms. The molecule has 0 amide bonds. The number of alkyl halides is 7. The summed E-state index contributed by atoms with van der Waals surface area (Å²) in [5.41, 5.74) is 0. The van der Waals surface area contributed by atoms with Crippen LogP contribution in [0.3, 0.4) is 0 Å². The van der Waals surface area contributed by atoms with Crippen LogP contribution in [-0.4, -0.2) is 30.6 Å². The van der Waals surface area contributed by atoms with Crippen molar-refractivity contribution in [3.05, 3.63) is 0 Å². The first-order valence-electron chi connectivity index (χ1n) is 5.85. The van der Waals surface area contributed by atoms with Crippen LogP contribution in [-0.2, 0) is 9.53 Å². The van der Waals surface area contributed by atoms with Crippen LogP contribution in [0.2, 0.25) is 0 Å². The molecular weight excluding hydrogens is 297 g/mol. The second-order valence-electron chi connectivity index (χ2n) is 4.40. The van der Waals surface area contributed by atoms with Crippen molar-refractivity contribution in [3.63, 3.8) is 0 Å². The molecule has 0 aromatic heterocycles. The molecule has 0 rings (SSSR count). The Morgan fingerprint density at radius 2 is 1.60 bits per heavy atom. The number of ether oxygens (including phenoxy) is 1. The number of esters is 1. The lowest BCUT2D eigenvalue weighted by atomic mass is 9.98. The summed E-state index contributed by atoms with van der Waals surface area (Å²) in [6.45, 7) is 2.48. The summed E-state index contributed by atoms with van der Waals surface area (Å²) in [6.07, 6.45) is -7.25. The molecule has 0 aliphatic rings. The average molecular weight is 312 g/mol. The van der Waals surface area contributed by atoms with Gasteiger partial charge in [-0.25, -0.2) is 0 Å². The zero-order chi connectivity index (χ0) is 16.2.